The van der Waals surface area contributed by atoms with Crippen LogP contribution in [0.1, 0.15) is 11.6 Å². The summed E-state index contributed by atoms with van der Waals surface area (Å²) in [5.74, 6) is -2.26. The number of rotatable bonds is 6. The van der Waals surface area contributed by atoms with Crippen LogP contribution in [0.25, 0.3) is 0 Å². The van der Waals surface area contributed by atoms with Gasteiger partial charge in [-0.3, -0.25) is 14.3 Å². The van der Waals surface area contributed by atoms with Crippen molar-refractivity contribution in [1.29, 1.82) is 0 Å². The van der Waals surface area contributed by atoms with Gasteiger partial charge in [0, 0.05) is 24.6 Å². The van der Waals surface area contributed by atoms with E-state index in [9.17, 15) is 22.8 Å². The number of hydrogen-bond donors (Lipinski definition) is 2. The van der Waals surface area contributed by atoms with Gasteiger partial charge in [-0.25, -0.2) is 0 Å². The first-order chi connectivity index (χ1) is 13.8. The topological polar surface area (TPSA) is 85.2 Å². The Morgan fingerprint density at radius 1 is 1.17 bits per heavy atom. The monoisotopic (exact) mass is 424 g/mol. The van der Waals surface area contributed by atoms with E-state index in [-0.39, 0.29) is 18.3 Å². The van der Waals surface area contributed by atoms with Crippen LogP contribution in [0.3, 0.4) is 0 Å². The standard InChI is InChI=1S/C18H15F3N4O3S/c19-18(20,21)28-14-4-2-13(3-5-14)24-17(27)16(26)22-10-15(12-6-9-29-11-12)25-8-1-7-23-25/h1-9,11,15H,10H2,(H,22,26)(H,24,27)/t15-/m0/s1. The SMILES string of the molecule is O=C(NC[C@@H](c1ccsc1)n1cccn1)C(=O)Nc1ccc(OC(F)(F)F)cc1. The Balaban J connectivity index is 1.57. The zero-order valence-electron chi connectivity index (χ0n) is 14.7. The lowest BCUT2D eigenvalue weighted by Crippen LogP contribution is -2.38. The number of halogens is 3. The predicted molar refractivity (Wildman–Crippen MR) is 99.4 cm³/mol. The summed E-state index contributed by atoms with van der Waals surface area (Å²) in [6.45, 7) is 0.128. The van der Waals surface area contributed by atoms with E-state index in [1.54, 1.807) is 23.1 Å². The van der Waals surface area contributed by atoms with E-state index in [1.165, 1.54) is 23.5 Å². The van der Waals surface area contributed by atoms with E-state index >= 15 is 0 Å². The van der Waals surface area contributed by atoms with Crippen LogP contribution in [-0.4, -0.2) is 34.5 Å². The van der Waals surface area contributed by atoms with Crippen LogP contribution in [-0.2, 0) is 9.59 Å². The highest BCUT2D eigenvalue weighted by Gasteiger charge is 2.31. The fraction of sp³-hybridized carbons (Fsp3) is 0.167. The minimum atomic E-state index is -4.81. The van der Waals surface area contributed by atoms with Crippen molar-refractivity contribution in [2.24, 2.45) is 0 Å². The number of amides is 2. The number of carbonyl (C=O) groups is 2. The Hall–Kier alpha value is -3.34. The molecule has 0 aliphatic rings. The molecule has 1 aromatic carbocycles. The molecule has 11 heteroatoms. The number of nitrogens with zero attached hydrogens (tertiary/aromatic N) is 2. The van der Waals surface area contributed by atoms with Crippen LogP contribution in [0.4, 0.5) is 18.9 Å². The van der Waals surface area contributed by atoms with Gasteiger partial charge in [-0.1, -0.05) is 0 Å². The molecule has 0 saturated heterocycles. The molecule has 0 bridgehead atoms. The van der Waals surface area contributed by atoms with Crippen LogP contribution in [0.15, 0.2) is 59.6 Å². The number of ether oxygens (including phenoxy) is 1. The molecule has 29 heavy (non-hydrogen) atoms. The molecular formula is C18H15F3N4O3S. The molecule has 0 saturated carbocycles. The highest BCUT2D eigenvalue weighted by atomic mass is 32.1. The van der Waals surface area contributed by atoms with E-state index < -0.39 is 23.9 Å². The fourth-order valence-electron chi connectivity index (χ4n) is 2.49. The van der Waals surface area contributed by atoms with Gasteiger partial charge in [0.05, 0.1) is 6.04 Å². The predicted octanol–water partition coefficient (Wildman–Crippen LogP) is 3.19. The Kier molecular flexibility index (Phi) is 6.17. The summed E-state index contributed by atoms with van der Waals surface area (Å²) in [5, 5.41) is 12.8. The number of anilines is 1. The molecule has 2 amide bonds. The molecule has 0 aliphatic carbocycles. The van der Waals surface area contributed by atoms with Gasteiger partial charge in [-0.2, -0.15) is 16.4 Å². The Morgan fingerprint density at radius 3 is 2.52 bits per heavy atom. The van der Waals surface area contributed by atoms with Crippen LogP contribution in [0, 0.1) is 0 Å². The normalized spacial score (nSPS) is 12.2. The lowest BCUT2D eigenvalue weighted by atomic mass is 10.1. The number of benzene rings is 1. The van der Waals surface area contributed by atoms with E-state index in [1.807, 2.05) is 16.8 Å². The van der Waals surface area contributed by atoms with Gasteiger partial charge < -0.3 is 15.4 Å². The molecule has 2 aromatic heterocycles. The minimum Gasteiger partial charge on any atom is -0.406 e. The molecule has 0 spiro atoms. The second kappa shape index (κ2) is 8.78. The lowest BCUT2D eigenvalue weighted by Gasteiger charge is -2.17. The lowest BCUT2D eigenvalue weighted by molar-refractivity contribution is -0.274. The maximum Gasteiger partial charge on any atom is 0.573 e. The highest BCUT2D eigenvalue weighted by molar-refractivity contribution is 7.08. The summed E-state index contributed by atoms with van der Waals surface area (Å²) < 4.78 is 41.9. The van der Waals surface area contributed by atoms with Crippen molar-refractivity contribution in [2.45, 2.75) is 12.4 Å². The van der Waals surface area contributed by atoms with Crippen molar-refractivity contribution in [2.75, 3.05) is 11.9 Å². The molecule has 152 valence electrons. The molecule has 3 aromatic rings. The quantitative estimate of drug-likeness (QED) is 0.596. The van der Waals surface area contributed by atoms with Crippen molar-refractivity contribution >= 4 is 28.8 Å². The first-order valence-corrected chi connectivity index (χ1v) is 9.22. The number of thiophene rings is 1. The third kappa shape index (κ3) is 5.82. The number of nitrogens with one attached hydrogen (secondary N) is 2. The van der Waals surface area contributed by atoms with Gasteiger partial charge in [-0.05, 0) is 52.7 Å². The molecule has 7 nitrogen and oxygen atoms in total. The van der Waals surface area contributed by atoms with Crippen molar-refractivity contribution in [3.8, 4) is 5.75 Å². The number of hydrogen-bond acceptors (Lipinski definition) is 5. The van der Waals surface area contributed by atoms with Gasteiger partial charge in [0.15, 0.2) is 0 Å². The number of aromatic nitrogens is 2. The first kappa shape index (κ1) is 20.4. The van der Waals surface area contributed by atoms with Gasteiger partial charge in [-0.15, -0.1) is 13.2 Å². The summed E-state index contributed by atoms with van der Waals surface area (Å²) >= 11 is 1.50. The summed E-state index contributed by atoms with van der Waals surface area (Å²) in [5.41, 5.74) is 1.08. The third-order valence-corrected chi connectivity index (χ3v) is 4.48. The van der Waals surface area contributed by atoms with Crippen molar-refractivity contribution < 1.29 is 27.5 Å². The molecule has 0 fully saturated rings. The van der Waals surface area contributed by atoms with Crippen LogP contribution in [0.5, 0.6) is 5.75 Å². The summed E-state index contributed by atoms with van der Waals surface area (Å²) in [6.07, 6.45) is -1.45. The first-order valence-electron chi connectivity index (χ1n) is 8.28. The molecule has 3 rings (SSSR count). The smallest absolute Gasteiger partial charge is 0.406 e. The molecule has 0 unspecified atom stereocenters. The van der Waals surface area contributed by atoms with Crippen molar-refractivity contribution in [3.63, 3.8) is 0 Å². The second-order valence-electron chi connectivity index (χ2n) is 5.79. The Labute approximate surface area is 167 Å². The zero-order chi connectivity index (χ0) is 20.9. The fourth-order valence-corrected chi connectivity index (χ4v) is 3.20. The van der Waals surface area contributed by atoms with E-state index in [2.05, 4.69) is 20.5 Å². The van der Waals surface area contributed by atoms with Gasteiger partial charge in [0.25, 0.3) is 0 Å². The highest BCUT2D eigenvalue weighted by Crippen LogP contribution is 2.24. The van der Waals surface area contributed by atoms with Crippen molar-refractivity contribution in [1.82, 2.24) is 15.1 Å². The summed E-state index contributed by atoms with van der Waals surface area (Å²) in [7, 11) is 0. The van der Waals surface area contributed by atoms with Crippen LogP contribution < -0.4 is 15.4 Å². The minimum absolute atomic E-state index is 0.128. The largest absolute Gasteiger partial charge is 0.573 e. The Morgan fingerprint density at radius 2 is 1.93 bits per heavy atom. The second-order valence-corrected chi connectivity index (χ2v) is 6.57. The maximum atomic E-state index is 12.2. The van der Waals surface area contributed by atoms with Gasteiger partial charge in [0.2, 0.25) is 0 Å². The Bertz CT molecular complexity index is 908. The van der Waals surface area contributed by atoms with Gasteiger partial charge in [0.1, 0.15) is 5.75 Å². The van der Waals surface area contributed by atoms with Gasteiger partial charge >= 0.3 is 18.2 Å². The van der Waals surface area contributed by atoms with Crippen LogP contribution in [0.2, 0.25) is 0 Å². The van der Waals surface area contributed by atoms with E-state index in [0.717, 1.165) is 17.7 Å². The van der Waals surface area contributed by atoms with E-state index in [0.29, 0.717) is 0 Å². The van der Waals surface area contributed by atoms with E-state index in [4.69, 9.17) is 0 Å². The molecular weight excluding hydrogens is 409 g/mol. The third-order valence-electron chi connectivity index (χ3n) is 3.78. The molecule has 0 radical (unpaired) electrons. The molecule has 2 heterocycles. The average molecular weight is 424 g/mol. The summed E-state index contributed by atoms with van der Waals surface area (Å²) in [6, 6.07) is 7.82. The molecule has 1 atom stereocenters. The number of alkyl halides is 3. The van der Waals surface area contributed by atoms with Crippen LogP contribution >= 0.6 is 11.3 Å². The van der Waals surface area contributed by atoms with Crippen molar-refractivity contribution in [3.05, 3.63) is 65.1 Å². The maximum absolute atomic E-state index is 12.2. The average Bonchev–Trinajstić information content (AvgIpc) is 3.36. The summed E-state index contributed by atoms with van der Waals surface area (Å²) in [4.78, 5) is 24.2. The number of carbonyl (C=O) groups excluding carboxylic acids is 2. The molecule has 0 aliphatic heterocycles. The molecule has 2 N–H and O–H groups in total. The zero-order valence-corrected chi connectivity index (χ0v) is 15.5.